The van der Waals surface area contributed by atoms with Crippen LogP contribution in [0.2, 0.25) is 5.02 Å². The van der Waals surface area contributed by atoms with E-state index in [-0.39, 0.29) is 22.1 Å². The van der Waals surface area contributed by atoms with Crippen molar-refractivity contribution in [1.29, 1.82) is 0 Å². The minimum absolute atomic E-state index is 0.0368. The summed E-state index contributed by atoms with van der Waals surface area (Å²) in [5.41, 5.74) is 2.50. The monoisotopic (exact) mass is 484 g/mol. The van der Waals surface area contributed by atoms with Gasteiger partial charge < -0.3 is 10.1 Å². The van der Waals surface area contributed by atoms with E-state index in [0.717, 1.165) is 5.56 Å². The number of anilines is 2. The van der Waals surface area contributed by atoms with Crippen LogP contribution in [-0.2, 0) is 21.2 Å². The summed E-state index contributed by atoms with van der Waals surface area (Å²) >= 11 is 6.24. The van der Waals surface area contributed by atoms with Crippen molar-refractivity contribution in [3.8, 4) is 0 Å². The van der Waals surface area contributed by atoms with E-state index in [9.17, 15) is 18.0 Å². The highest BCUT2D eigenvalue weighted by Crippen LogP contribution is 2.35. The number of carbonyl (C=O) groups is 2. The number of hydrogen-bond donors (Lipinski definition) is 1. The SMILES string of the molecule is CCOC(=O)c1ccc(NC(=O)c2ccc(Cl)c(S(=O)(=O)N3CCc4ccccc43)c2)cc1. The molecule has 0 fully saturated rings. The zero-order valence-electron chi connectivity index (χ0n) is 17.7. The molecule has 0 aliphatic carbocycles. The lowest BCUT2D eigenvalue weighted by Crippen LogP contribution is -2.29. The van der Waals surface area contributed by atoms with Gasteiger partial charge in [-0.25, -0.2) is 13.2 Å². The van der Waals surface area contributed by atoms with Crippen molar-refractivity contribution >= 4 is 44.9 Å². The molecular weight excluding hydrogens is 464 g/mol. The van der Waals surface area contributed by atoms with E-state index in [4.69, 9.17) is 16.3 Å². The smallest absolute Gasteiger partial charge is 0.338 e. The number of halogens is 1. The second kappa shape index (κ2) is 9.25. The third-order valence-corrected chi connectivity index (χ3v) is 7.55. The summed E-state index contributed by atoms with van der Waals surface area (Å²) in [6.45, 7) is 2.29. The quantitative estimate of drug-likeness (QED) is 0.519. The van der Waals surface area contributed by atoms with Gasteiger partial charge in [-0.15, -0.1) is 0 Å². The van der Waals surface area contributed by atoms with Gasteiger partial charge in [0.15, 0.2) is 0 Å². The number of nitrogens with zero attached hydrogens (tertiary/aromatic N) is 1. The predicted octanol–water partition coefficient (Wildman–Crippen LogP) is 4.52. The molecule has 4 rings (SSSR count). The highest BCUT2D eigenvalue weighted by molar-refractivity contribution is 7.93. The van der Waals surface area contributed by atoms with E-state index in [1.165, 1.54) is 34.6 Å². The maximum Gasteiger partial charge on any atom is 0.338 e. The summed E-state index contributed by atoms with van der Waals surface area (Å²) in [4.78, 5) is 24.4. The molecule has 1 aliphatic heterocycles. The normalized spacial score (nSPS) is 12.8. The Kier molecular flexibility index (Phi) is 6.40. The average molecular weight is 485 g/mol. The van der Waals surface area contributed by atoms with Gasteiger partial charge in [0.25, 0.3) is 15.9 Å². The maximum absolute atomic E-state index is 13.4. The number of para-hydroxylation sites is 1. The first-order chi connectivity index (χ1) is 15.8. The maximum atomic E-state index is 13.4. The largest absolute Gasteiger partial charge is 0.462 e. The highest BCUT2D eigenvalue weighted by Gasteiger charge is 2.32. The standard InChI is InChI=1S/C24H21ClN2O5S/c1-2-32-24(29)17-7-10-19(11-8-17)26-23(28)18-9-12-20(25)22(15-18)33(30,31)27-14-13-16-5-3-4-6-21(16)27/h3-12,15H,2,13-14H2,1H3,(H,26,28). The number of sulfonamides is 1. The summed E-state index contributed by atoms with van der Waals surface area (Å²) in [5, 5.41) is 2.73. The Morgan fingerprint density at radius 2 is 1.73 bits per heavy atom. The Morgan fingerprint density at radius 1 is 1.03 bits per heavy atom. The summed E-state index contributed by atoms with van der Waals surface area (Å²) in [6, 6.07) is 17.6. The van der Waals surface area contributed by atoms with E-state index in [2.05, 4.69) is 5.32 Å². The van der Waals surface area contributed by atoms with Crippen LogP contribution in [0, 0.1) is 0 Å². The lowest BCUT2D eigenvalue weighted by Gasteiger charge is -2.20. The molecule has 1 aliphatic rings. The number of nitrogens with one attached hydrogen (secondary N) is 1. The van der Waals surface area contributed by atoms with Gasteiger partial charge in [0.1, 0.15) is 4.90 Å². The molecule has 0 saturated heterocycles. The molecule has 7 nitrogen and oxygen atoms in total. The molecule has 0 spiro atoms. The van der Waals surface area contributed by atoms with Gasteiger partial charge in [-0.05, 0) is 67.4 Å². The van der Waals surface area contributed by atoms with Crippen LogP contribution in [0.1, 0.15) is 33.2 Å². The lowest BCUT2D eigenvalue weighted by atomic mass is 10.2. The van der Waals surface area contributed by atoms with Crippen LogP contribution in [0.25, 0.3) is 0 Å². The fourth-order valence-corrected chi connectivity index (χ4v) is 5.63. The number of benzene rings is 3. The molecule has 1 amide bonds. The van der Waals surface area contributed by atoms with Crippen molar-refractivity contribution in [3.05, 3.63) is 88.4 Å². The van der Waals surface area contributed by atoms with Gasteiger partial charge in [0.2, 0.25) is 0 Å². The van der Waals surface area contributed by atoms with Gasteiger partial charge in [-0.3, -0.25) is 9.10 Å². The third-order valence-electron chi connectivity index (χ3n) is 5.26. The van der Waals surface area contributed by atoms with Crippen LogP contribution < -0.4 is 9.62 Å². The van der Waals surface area contributed by atoms with Crippen LogP contribution >= 0.6 is 11.6 Å². The Bertz CT molecular complexity index is 1320. The topological polar surface area (TPSA) is 92.8 Å². The van der Waals surface area contributed by atoms with Gasteiger partial charge in [0.05, 0.1) is 22.9 Å². The number of fused-ring (bicyclic) bond motifs is 1. The summed E-state index contributed by atoms with van der Waals surface area (Å²) in [7, 11) is -3.96. The van der Waals surface area contributed by atoms with Crippen LogP contribution in [-0.4, -0.2) is 33.4 Å². The summed E-state index contributed by atoms with van der Waals surface area (Å²) in [5.74, 6) is -0.958. The molecule has 0 radical (unpaired) electrons. The summed E-state index contributed by atoms with van der Waals surface area (Å²) < 4.78 is 33.0. The predicted molar refractivity (Wildman–Crippen MR) is 126 cm³/mol. The van der Waals surface area contributed by atoms with Gasteiger partial charge in [-0.1, -0.05) is 29.8 Å². The molecular formula is C24H21ClN2O5S. The molecule has 0 saturated carbocycles. The second-order valence-electron chi connectivity index (χ2n) is 7.35. The van der Waals surface area contributed by atoms with E-state index in [1.54, 1.807) is 31.2 Å². The number of ether oxygens (including phenoxy) is 1. The Hall–Kier alpha value is -3.36. The van der Waals surface area contributed by atoms with Crippen molar-refractivity contribution in [2.45, 2.75) is 18.2 Å². The first-order valence-electron chi connectivity index (χ1n) is 10.3. The van der Waals surface area contributed by atoms with E-state index in [1.807, 2.05) is 12.1 Å². The second-order valence-corrected chi connectivity index (χ2v) is 9.59. The number of carbonyl (C=O) groups excluding carboxylic acids is 2. The molecule has 3 aromatic carbocycles. The Morgan fingerprint density at radius 3 is 2.45 bits per heavy atom. The van der Waals surface area contributed by atoms with Gasteiger partial charge in [0, 0.05) is 17.8 Å². The van der Waals surface area contributed by atoms with Crippen LogP contribution in [0.15, 0.2) is 71.6 Å². The fraction of sp³-hybridized carbons (Fsp3) is 0.167. The number of hydrogen-bond acceptors (Lipinski definition) is 5. The van der Waals surface area contributed by atoms with Gasteiger partial charge >= 0.3 is 5.97 Å². The van der Waals surface area contributed by atoms with Crippen LogP contribution in [0.3, 0.4) is 0 Å². The molecule has 0 atom stereocenters. The molecule has 170 valence electrons. The number of amides is 1. The molecule has 33 heavy (non-hydrogen) atoms. The van der Waals surface area contributed by atoms with Crippen LogP contribution in [0.4, 0.5) is 11.4 Å². The van der Waals surface area contributed by atoms with Crippen molar-refractivity contribution in [1.82, 2.24) is 0 Å². The first kappa shape index (κ1) is 22.8. The molecule has 0 unspecified atom stereocenters. The summed E-state index contributed by atoms with van der Waals surface area (Å²) in [6.07, 6.45) is 0.606. The highest BCUT2D eigenvalue weighted by atomic mass is 35.5. The number of esters is 1. The van der Waals surface area contributed by atoms with E-state index >= 15 is 0 Å². The first-order valence-corrected chi connectivity index (χ1v) is 12.1. The fourth-order valence-electron chi connectivity index (χ4n) is 3.63. The van der Waals surface area contributed by atoms with E-state index < -0.39 is 21.9 Å². The minimum Gasteiger partial charge on any atom is -0.462 e. The Labute approximate surface area is 197 Å². The molecule has 9 heteroatoms. The van der Waals surface area contributed by atoms with Crippen LogP contribution in [0.5, 0.6) is 0 Å². The zero-order valence-corrected chi connectivity index (χ0v) is 19.3. The van der Waals surface area contributed by atoms with E-state index in [0.29, 0.717) is 29.9 Å². The van der Waals surface area contributed by atoms with Gasteiger partial charge in [-0.2, -0.15) is 0 Å². The number of rotatable bonds is 6. The van der Waals surface area contributed by atoms with Crippen molar-refractivity contribution in [2.75, 3.05) is 22.8 Å². The lowest BCUT2D eigenvalue weighted by molar-refractivity contribution is 0.0526. The molecule has 1 N–H and O–H groups in total. The molecule has 1 heterocycles. The minimum atomic E-state index is -3.96. The zero-order chi connectivity index (χ0) is 23.6. The third kappa shape index (κ3) is 4.58. The molecule has 0 aromatic heterocycles. The van der Waals surface area contributed by atoms with Crippen molar-refractivity contribution < 1.29 is 22.7 Å². The van der Waals surface area contributed by atoms with Crippen molar-refractivity contribution in [3.63, 3.8) is 0 Å². The molecule has 0 bridgehead atoms. The van der Waals surface area contributed by atoms with Crippen molar-refractivity contribution in [2.24, 2.45) is 0 Å². The Balaban J connectivity index is 1.57. The molecule has 3 aromatic rings. The average Bonchev–Trinajstić information content (AvgIpc) is 3.25.